The van der Waals surface area contributed by atoms with Crippen LogP contribution < -0.4 is 4.74 Å². The highest BCUT2D eigenvalue weighted by atomic mass is 79.9. The molecule has 0 aliphatic rings. The SMILES string of the molecule is COc1ccc(Br)c(CC(O)c2cccc(F)c2)c1. The van der Waals surface area contributed by atoms with Crippen LogP contribution in [0.1, 0.15) is 17.2 Å². The summed E-state index contributed by atoms with van der Waals surface area (Å²) in [5.74, 6) is 0.380. The number of benzene rings is 2. The standard InChI is InChI=1S/C15H14BrFO2/c1-19-13-5-6-14(16)11(8-13)9-15(18)10-3-2-4-12(17)7-10/h2-8,15,18H,9H2,1H3. The summed E-state index contributed by atoms with van der Waals surface area (Å²) in [6, 6.07) is 11.6. The van der Waals surface area contributed by atoms with Crippen molar-refractivity contribution in [2.24, 2.45) is 0 Å². The molecule has 100 valence electrons. The van der Waals surface area contributed by atoms with Crippen molar-refractivity contribution in [1.29, 1.82) is 0 Å². The third-order valence-corrected chi connectivity index (χ3v) is 3.67. The van der Waals surface area contributed by atoms with Crippen LogP contribution in [0.4, 0.5) is 4.39 Å². The van der Waals surface area contributed by atoms with E-state index in [4.69, 9.17) is 4.74 Å². The number of hydrogen-bond donors (Lipinski definition) is 1. The molecular formula is C15H14BrFO2. The maximum atomic E-state index is 13.1. The van der Waals surface area contributed by atoms with E-state index in [0.29, 0.717) is 12.0 Å². The Hall–Kier alpha value is -1.39. The Balaban J connectivity index is 2.21. The Morgan fingerprint density at radius 2 is 2.05 bits per heavy atom. The molecule has 2 nitrogen and oxygen atoms in total. The molecule has 0 spiro atoms. The van der Waals surface area contributed by atoms with Crippen molar-refractivity contribution in [3.63, 3.8) is 0 Å². The second-order valence-electron chi connectivity index (χ2n) is 4.23. The summed E-state index contributed by atoms with van der Waals surface area (Å²) in [6.45, 7) is 0. The van der Waals surface area contributed by atoms with Gasteiger partial charge < -0.3 is 9.84 Å². The molecule has 0 bridgehead atoms. The zero-order chi connectivity index (χ0) is 13.8. The van der Waals surface area contributed by atoms with Crippen LogP contribution in [-0.4, -0.2) is 12.2 Å². The van der Waals surface area contributed by atoms with E-state index in [1.807, 2.05) is 18.2 Å². The van der Waals surface area contributed by atoms with E-state index < -0.39 is 6.10 Å². The average Bonchev–Trinajstić information content (AvgIpc) is 2.41. The summed E-state index contributed by atoms with van der Waals surface area (Å²) in [5.41, 5.74) is 1.48. The summed E-state index contributed by atoms with van der Waals surface area (Å²) in [6.07, 6.45) is -0.361. The zero-order valence-corrected chi connectivity index (χ0v) is 12.0. The summed E-state index contributed by atoms with van der Waals surface area (Å²) in [7, 11) is 1.59. The Kier molecular flexibility index (Phi) is 4.56. The monoisotopic (exact) mass is 324 g/mol. The van der Waals surface area contributed by atoms with Gasteiger partial charge in [-0.15, -0.1) is 0 Å². The van der Waals surface area contributed by atoms with Crippen LogP contribution in [0.15, 0.2) is 46.9 Å². The van der Waals surface area contributed by atoms with E-state index in [9.17, 15) is 9.50 Å². The fourth-order valence-corrected chi connectivity index (χ4v) is 2.28. The lowest BCUT2D eigenvalue weighted by molar-refractivity contribution is 0.177. The predicted octanol–water partition coefficient (Wildman–Crippen LogP) is 3.87. The van der Waals surface area contributed by atoms with Gasteiger partial charge in [0.05, 0.1) is 13.2 Å². The molecule has 0 radical (unpaired) electrons. The second kappa shape index (κ2) is 6.17. The molecule has 0 aliphatic heterocycles. The molecule has 1 N–H and O–H groups in total. The third-order valence-electron chi connectivity index (χ3n) is 2.90. The van der Waals surface area contributed by atoms with Crippen molar-refractivity contribution in [3.05, 3.63) is 63.9 Å². The van der Waals surface area contributed by atoms with Gasteiger partial charge in [0.15, 0.2) is 0 Å². The largest absolute Gasteiger partial charge is 0.497 e. The first-order chi connectivity index (χ1) is 9.10. The minimum Gasteiger partial charge on any atom is -0.497 e. The molecule has 0 heterocycles. The quantitative estimate of drug-likeness (QED) is 0.925. The van der Waals surface area contributed by atoms with E-state index in [1.165, 1.54) is 12.1 Å². The highest BCUT2D eigenvalue weighted by Crippen LogP contribution is 2.27. The van der Waals surface area contributed by atoms with Crippen molar-refractivity contribution in [2.75, 3.05) is 7.11 Å². The van der Waals surface area contributed by atoms with Gasteiger partial charge in [-0.3, -0.25) is 0 Å². The van der Waals surface area contributed by atoms with E-state index in [2.05, 4.69) is 15.9 Å². The van der Waals surface area contributed by atoms with Gasteiger partial charge in [-0.25, -0.2) is 4.39 Å². The molecule has 2 rings (SSSR count). The van der Waals surface area contributed by atoms with Crippen molar-refractivity contribution in [3.8, 4) is 5.75 Å². The van der Waals surface area contributed by atoms with Gasteiger partial charge in [-0.05, 0) is 41.5 Å². The van der Waals surface area contributed by atoms with E-state index in [0.717, 1.165) is 15.8 Å². The molecule has 2 aromatic rings. The molecule has 0 fully saturated rings. The number of methoxy groups -OCH3 is 1. The highest BCUT2D eigenvalue weighted by Gasteiger charge is 2.12. The van der Waals surface area contributed by atoms with Crippen LogP contribution >= 0.6 is 15.9 Å². The number of aliphatic hydroxyl groups is 1. The summed E-state index contributed by atoms with van der Waals surface area (Å²) in [4.78, 5) is 0. The molecule has 0 aliphatic carbocycles. The van der Waals surface area contributed by atoms with Crippen molar-refractivity contribution < 1.29 is 14.2 Å². The van der Waals surface area contributed by atoms with E-state index in [-0.39, 0.29) is 5.82 Å². The number of hydrogen-bond acceptors (Lipinski definition) is 2. The Labute approximate surface area is 120 Å². The minimum absolute atomic E-state index is 0.346. The summed E-state index contributed by atoms with van der Waals surface area (Å²) in [5, 5.41) is 10.2. The first-order valence-corrected chi connectivity index (χ1v) is 6.65. The molecule has 0 aromatic heterocycles. The maximum Gasteiger partial charge on any atom is 0.123 e. The minimum atomic E-state index is -0.751. The highest BCUT2D eigenvalue weighted by molar-refractivity contribution is 9.10. The van der Waals surface area contributed by atoms with Gasteiger partial charge in [-0.1, -0.05) is 28.1 Å². The molecule has 4 heteroatoms. The molecule has 19 heavy (non-hydrogen) atoms. The van der Waals surface area contributed by atoms with E-state index in [1.54, 1.807) is 19.2 Å². The van der Waals surface area contributed by atoms with Gasteiger partial charge in [0.1, 0.15) is 11.6 Å². The Morgan fingerprint density at radius 3 is 2.74 bits per heavy atom. The molecule has 0 saturated heterocycles. The average molecular weight is 325 g/mol. The Morgan fingerprint density at radius 1 is 1.26 bits per heavy atom. The van der Waals surface area contributed by atoms with Gasteiger partial charge in [-0.2, -0.15) is 0 Å². The van der Waals surface area contributed by atoms with Gasteiger partial charge in [0, 0.05) is 10.9 Å². The number of rotatable bonds is 4. The first kappa shape index (κ1) is 14.0. The van der Waals surface area contributed by atoms with Crippen molar-refractivity contribution in [1.82, 2.24) is 0 Å². The van der Waals surface area contributed by atoms with Crippen LogP contribution in [0.5, 0.6) is 5.75 Å². The molecule has 1 unspecified atom stereocenters. The summed E-state index contributed by atoms with van der Waals surface area (Å²) < 4.78 is 19.2. The molecule has 2 aromatic carbocycles. The maximum absolute atomic E-state index is 13.1. The lowest BCUT2D eigenvalue weighted by Gasteiger charge is -2.13. The number of aliphatic hydroxyl groups excluding tert-OH is 1. The van der Waals surface area contributed by atoms with E-state index >= 15 is 0 Å². The first-order valence-electron chi connectivity index (χ1n) is 5.86. The molecule has 0 amide bonds. The molecule has 0 saturated carbocycles. The second-order valence-corrected chi connectivity index (χ2v) is 5.09. The summed E-state index contributed by atoms with van der Waals surface area (Å²) >= 11 is 3.43. The van der Waals surface area contributed by atoms with Crippen molar-refractivity contribution >= 4 is 15.9 Å². The van der Waals surface area contributed by atoms with Crippen LogP contribution in [0, 0.1) is 5.82 Å². The van der Waals surface area contributed by atoms with Crippen LogP contribution in [-0.2, 0) is 6.42 Å². The fraction of sp³-hybridized carbons (Fsp3) is 0.200. The van der Waals surface area contributed by atoms with Crippen LogP contribution in [0.3, 0.4) is 0 Å². The molecule has 1 atom stereocenters. The van der Waals surface area contributed by atoms with Gasteiger partial charge >= 0.3 is 0 Å². The molecular weight excluding hydrogens is 311 g/mol. The van der Waals surface area contributed by atoms with Crippen LogP contribution in [0.2, 0.25) is 0 Å². The zero-order valence-electron chi connectivity index (χ0n) is 10.4. The van der Waals surface area contributed by atoms with Gasteiger partial charge in [0.25, 0.3) is 0 Å². The topological polar surface area (TPSA) is 29.5 Å². The lowest BCUT2D eigenvalue weighted by Crippen LogP contribution is -2.03. The third kappa shape index (κ3) is 3.55. The fourth-order valence-electron chi connectivity index (χ4n) is 1.87. The number of halogens is 2. The van der Waals surface area contributed by atoms with Gasteiger partial charge in [0.2, 0.25) is 0 Å². The van der Waals surface area contributed by atoms with Crippen LogP contribution in [0.25, 0.3) is 0 Å². The van der Waals surface area contributed by atoms with Crippen molar-refractivity contribution in [2.45, 2.75) is 12.5 Å². The normalized spacial score (nSPS) is 12.2. The number of ether oxygens (including phenoxy) is 1. The lowest BCUT2D eigenvalue weighted by atomic mass is 10.0. The Bertz CT molecular complexity index is 572. The smallest absolute Gasteiger partial charge is 0.123 e. The predicted molar refractivity (Wildman–Crippen MR) is 75.8 cm³/mol.